The lowest BCUT2D eigenvalue weighted by Crippen LogP contribution is -2.44. The van der Waals surface area contributed by atoms with E-state index in [9.17, 15) is 14.0 Å². The minimum absolute atomic E-state index is 0.0411. The summed E-state index contributed by atoms with van der Waals surface area (Å²) in [7, 11) is 0. The van der Waals surface area contributed by atoms with Crippen LogP contribution in [0, 0.1) is 5.82 Å². The summed E-state index contributed by atoms with van der Waals surface area (Å²) in [6.07, 6.45) is 4.88. The zero-order valence-electron chi connectivity index (χ0n) is 13.0. The Balaban J connectivity index is 1.76. The van der Waals surface area contributed by atoms with Gasteiger partial charge in [-0.05, 0) is 37.0 Å². The van der Waals surface area contributed by atoms with E-state index in [2.05, 4.69) is 5.32 Å². The predicted molar refractivity (Wildman–Crippen MR) is 82.8 cm³/mol. The third-order valence-electron chi connectivity index (χ3n) is 4.13. The van der Waals surface area contributed by atoms with Gasteiger partial charge in [-0.3, -0.25) is 9.59 Å². The highest BCUT2D eigenvalue weighted by molar-refractivity contribution is 5.84. The molecule has 0 heterocycles. The van der Waals surface area contributed by atoms with Crippen molar-refractivity contribution in [1.82, 2.24) is 10.2 Å². The van der Waals surface area contributed by atoms with Crippen molar-refractivity contribution >= 4 is 11.8 Å². The van der Waals surface area contributed by atoms with Gasteiger partial charge in [-0.2, -0.15) is 0 Å². The Morgan fingerprint density at radius 3 is 2.45 bits per heavy atom. The topological polar surface area (TPSA) is 49.4 Å². The molecular weight excluding hydrogens is 283 g/mol. The van der Waals surface area contributed by atoms with Crippen LogP contribution in [0.25, 0.3) is 0 Å². The molecule has 1 fully saturated rings. The molecule has 0 aromatic heterocycles. The van der Waals surface area contributed by atoms with Crippen molar-refractivity contribution in [3.8, 4) is 0 Å². The zero-order valence-corrected chi connectivity index (χ0v) is 13.0. The predicted octanol–water partition coefficient (Wildman–Crippen LogP) is 2.28. The number of rotatable bonds is 6. The normalized spacial score (nSPS) is 14.8. The summed E-state index contributed by atoms with van der Waals surface area (Å²) < 4.78 is 12.8. The third-order valence-corrected chi connectivity index (χ3v) is 4.13. The van der Waals surface area contributed by atoms with Crippen LogP contribution < -0.4 is 5.32 Å². The van der Waals surface area contributed by atoms with Crippen LogP contribution in [0.1, 0.15) is 38.2 Å². The molecular formula is C17H23FN2O2. The minimum atomic E-state index is -0.263. The lowest BCUT2D eigenvalue weighted by Gasteiger charge is -2.27. The molecule has 0 radical (unpaired) electrons. The summed E-state index contributed by atoms with van der Waals surface area (Å²) in [5, 5.41) is 2.83. The second-order valence-corrected chi connectivity index (χ2v) is 5.81. The van der Waals surface area contributed by atoms with Crippen molar-refractivity contribution in [3.63, 3.8) is 0 Å². The van der Waals surface area contributed by atoms with Crippen molar-refractivity contribution in [3.05, 3.63) is 35.6 Å². The lowest BCUT2D eigenvalue weighted by atomic mass is 10.1. The fourth-order valence-corrected chi connectivity index (χ4v) is 2.92. The smallest absolute Gasteiger partial charge is 0.239 e. The Hall–Kier alpha value is -1.91. The molecule has 1 saturated carbocycles. The third kappa shape index (κ3) is 4.83. The highest BCUT2D eigenvalue weighted by Gasteiger charge is 2.25. The highest BCUT2D eigenvalue weighted by Crippen LogP contribution is 2.23. The van der Waals surface area contributed by atoms with Crippen LogP contribution in [0.3, 0.4) is 0 Å². The first-order valence-electron chi connectivity index (χ1n) is 7.84. The lowest BCUT2D eigenvalue weighted by molar-refractivity contribution is -0.136. The maximum absolute atomic E-state index is 12.8. The van der Waals surface area contributed by atoms with Gasteiger partial charge in [0.1, 0.15) is 5.82 Å². The van der Waals surface area contributed by atoms with Crippen molar-refractivity contribution in [2.45, 2.75) is 45.1 Å². The maximum atomic E-state index is 12.8. The molecule has 4 nitrogen and oxygen atoms in total. The Labute approximate surface area is 130 Å². The summed E-state index contributed by atoms with van der Waals surface area (Å²) in [6, 6.07) is 6.45. The van der Waals surface area contributed by atoms with Crippen LogP contribution in [0.2, 0.25) is 0 Å². The fourth-order valence-electron chi connectivity index (χ4n) is 2.92. The van der Waals surface area contributed by atoms with E-state index in [1.807, 2.05) is 0 Å². The summed E-state index contributed by atoms with van der Waals surface area (Å²) in [4.78, 5) is 25.4. The SMILES string of the molecule is CC(=O)N(CC(=O)NCCc1ccc(F)cc1)C1CCCC1. The summed E-state index contributed by atoms with van der Waals surface area (Å²) in [5.74, 6) is -0.439. The monoisotopic (exact) mass is 306 g/mol. The number of hydrogen-bond donors (Lipinski definition) is 1. The average Bonchev–Trinajstić information content (AvgIpc) is 3.00. The first-order chi connectivity index (χ1) is 10.6. The number of benzene rings is 1. The van der Waals surface area contributed by atoms with Gasteiger partial charge in [0.05, 0.1) is 6.54 Å². The van der Waals surface area contributed by atoms with Gasteiger partial charge in [0.15, 0.2) is 0 Å². The van der Waals surface area contributed by atoms with Gasteiger partial charge in [0.25, 0.3) is 0 Å². The van der Waals surface area contributed by atoms with Crippen LogP contribution in [0.5, 0.6) is 0 Å². The quantitative estimate of drug-likeness (QED) is 0.876. The molecule has 0 bridgehead atoms. The minimum Gasteiger partial charge on any atom is -0.354 e. The Morgan fingerprint density at radius 2 is 1.86 bits per heavy atom. The number of carbonyl (C=O) groups is 2. The second-order valence-electron chi connectivity index (χ2n) is 5.81. The first-order valence-corrected chi connectivity index (χ1v) is 7.84. The van der Waals surface area contributed by atoms with Crippen LogP contribution >= 0.6 is 0 Å². The molecule has 5 heteroatoms. The number of hydrogen-bond acceptors (Lipinski definition) is 2. The molecule has 0 unspecified atom stereocenters. The maximum Gasteiger partial charge on any atom is 0.239 e. The van der Waals surface area contributed by atoms with Gasteiger partial charge in [-0.1, -0.05) is 25.0 Å². The molecule has 2 amide bonds. The molecule has 0 saturated heterocycles. The van der Waals surface area contributed by atoms with Gasteiger partial charge < -0.3 is 10.2 Å². The fraction of sp³-hybridized carbons (Fsp3) is 0.529. The standard InChI is InChI=1S/C17H23FN2O2/c1-13(21)20(16-4-2-3-5-16)12-17(22)19-11-10-14-6-8-15(18)9-7-14/h6-9,16H,2-5,10-12H2,1H3,(H,19,22). The van der Waals surface area contributed by atoms with Gasteiger partial charge in [0, 0.05) is 19.5 Å². The van der Waals surface area contributed by atoms with Gasteiger partial charge in [-0.15, -0.1) is 0 Å². The van der Waals surface area contributed by atoms with Crippen LogP contribution in [-0.4, -0.2) is 35.8 Å². The number of amides is 2. The molecule has 0 atom stereocenters. The first kappa shape index (κ1) is 16.5. The van der Waals surface area contributed by atoms with Crippen molar-refractivity contribution in [2.75, 3.05) is 13.1 Å². The van der Waals surface area contributed by atoms with E-state index < -0.39 is 0 Å². The second kappa shape index (κ2) is 7.92. The van der Waals surface area contributed by atoms with Crippen LogP contribution in [-0.2, 0) is 16.0 Å². The van der Waals surface area contributed by atoms with E-state index in [1.165, 1.54) is 19.1 Å². The van der Waals surface area contributed by atoms with Crippen molar-refractivity contribution in [1.29, 1.82) is 0 Å². The molecule has 0 spiro atoms. The number of nitrogens with zero attached hydrogens (tertiary/aromatic N) is 1. The van der Waals surface area contributed by atoms with Gasteiger partial charge >= 0.3 is 0 Å². The summed E-state index contributed by atoms with van der Waals surface area (Å²) in [6.45, 7) is 2.13. The molecule has 1 aromatic rings. The molecule has 2 rings (SSSR count). The Kier molecular flexibility index (Phi) is 5.92. The number of carbonyl (C=O) groups excluding carboxylic acids is 2. The van der Waals surface area contributed by atoms with E-state index in [-0.39, 0.29) is 30.2 Å². The van der Waals surface area contributed by atoms with Crippen molar-refractivity contribution < 1.29 is 14.0 Å². The number of halogens is 1. The Morgan fingerprint density at radius 1 is 1.23 bits per heavy atom. The zero-order chi connectivity index (χ0) is 15.9. The van der Waals surface area contributed by atoms with Gasteiger partial charge in [-0.25, -0.2) is 4.39 Å². The Bertz CT molecular complexity index is 510. The summed E-state index contributed by atoms with van der Waals surface area (Å²) >= 11 is 0. The molecule has 0 aliphatic heterocycles. The molecule has 1 N–H and O–H groups in total. The molecule has 1 aliphatic carbocycles. The summed E-state index contributed by atoms with van der Waals surface area (Å²) in [5.41, 5.74) is 0.973. The van der Waals surface area contributed by atoms with E-state index in [0.717, 1.165) is 31.2 Å². The van der Waals surface area contributed by atoms with Gasteiger partial charge in [0.2, 0.25) is 11.8 Å². The van der Waals surface area contributed by atoms with E-state index >= 15 is 0 Å². The van der Waals surface area contributed by atoms with Crippen LogP contribution in [0.15, 0.2) is 24.3 Å². The van der Waals surface area contributed by atoms with E-state index in [1.54, 1.807) is 17.0 Å². The molecule has 1 aliphatic rings. The largest absolute Gasteiger partial charge is 0.354 e. The van der Waals surface area contributed by atoms with E-state index in [0.29, 0.717) is 13.0 Å². The molecule has 120 valence electrons. The average molecular weight is 306 g/mol. The molecule has 1 aromatic carbocycles. The number of nitrogens with one attached hydrogen (secondary N) is 1. The molecule has 22 heavy (non-hydrogen) atoms. The van der Waals surface area contributed by atoms with Crippen molar-refractivity contribution in [2.24, 2.45) is 0 Å². The van der Waals surface area contributed by atoms with Crippen LogP contribution in [0.4, 0.5) is 4.39 Å². The highest BCUT2D eigenvalue weighted by atomic mass is 19.1. The van der Waals surface area contributed by atoms with E-state index in [4.69, 9.17) is 0 Å².